The van der Waals surface area contributed by atoms with Crippen LogP contribution in [0.3, 0.4) is 0 Å². The molecule has 196 valence electrons. The summed E-state index contributed by atoms with van der Waals surface area (Å²) in [6.07, 6.45) is 9.08. The van der Waals surface area contributed by atoms with E-state index in [9.17, 15) is 0 Å². The molecule has 0 radical (unpaired) electrons. The number of nitrogens with zero attached hydrogens (tertiary/aromatic N) is 6. The number of halogens is 1. The number of benzene rings is 1. The molecule has 1 aliphatic heterocycles. The molecule has 1 aromatic carbocycles. The van der Waals surface area contributed by atoms with Crippen LogP contribution in [-0.2, 0) is 6.54 Å². The third kappa shape index (κ3) is 4.67. The lowest BCUT2D eigenvalue weighted by molar-refractivity contribution is 0.234. The van der Waals surface area contributed by atoms with Crippen LogP contribution in [-0.4, -0.2) is 42.0 Å². The predicted molar refractivity (Wildman–Crippen MR) is 145 cm³/mol. The number of nitrogens with two attached hydrogens (primary N) is 1. The number of aryl methyl sites for hydroxylation is 1. The first-order valence-electron chi connectivity index (χ1n) is 13.4. The van der Waals surface area contributed by atoms with Gasteiger partial charge in [0.2, 0.25) is 0 Å². The predicted octanol–water partition coefficient (Wildman–Crippen LogP) is 4.96. The Bertz CT molecular complexity index is 1470. The van der Waals surface area contributed by atoms with E-state index in [2.05, 4.69) is 37.7 Å². The van der Waals surface area contributed by atoms with Gasteiger partial charge in [-0.15, -0.1) is 5.10 Å². The molecule has 1 atom stereocenters. The first-order chi connectivity index (χ1) is 18.4. The third-order valence-corrected chi connectivity index (χ3v) is 8.26. The van der Waals surface area contributed by atoms with Gasteiger partial charge >= 0.3 is 0 Å². The third-order valence-electron chi connectivity index (χ3n) is 8.26. The summed E-state index contributed by atoms with van der Waals surface area (Å²) < 4.78 is 16.7. The summed E-state index contributed by atoms with van der Waals surface area (Å²) in [6, 6.07) is 12.1. The van der Waals surface area contributed by atoms with E-state index in [-0.39, 0.29) is 11.5 Å². The number of nitrogen functional groups attached to an aromatic ring is 1. The summed E-state index contributed by atoms with van der Waals surface area (Å²) in [5.41, 5.74) is 11.6. The van der Waals surface area contributed by atoms with Crippen molar-refractivity contribution in [3.63, 3.8) is 0 Å². The molecule has 1 saturated heterocycles. The van der Waals surface area contributed by atoms with E-state index < -0.39 is 5.82 Å². The largest absolute Gasteiger partial charge is 0.381 e. The standard InChI is InChI=1S/C29H33FN8/c1-18-7-5-9-22(19(18)2)28-34-26(25(30)27(31)35-28)24-17-38(37-36-24)16-21-8-6-10-23(33-21)20-11-14-32-29(15-20)12-3-4-13-29/h5-10,17,20,32H,3-4,11-16H2,1-2H3,(H2,31,34,35). The molecule has 1 unspecified atom stereocenters. The molecule has 8 nitrogen and oxygen atoms in total. The van der Waals surface area contributed by atoms with E-state index in [1.165, 1.54) is 25.7 Å². The van der Waals surface area contributed by atoms with Crippen molar-refractivity contribution < 1.29 is 4.39 Å². The Morgan fingerprint density at radius 1 is 1.08 bits per heavy atom. The van der Waals surface area contributed by atoms with E-state index in [1.54, 1.807) is 10.9 Å². The number of hydrogen-bond acceptors (Lipinski definition) is 7. The second-order valence-electron chi connectivity index (χ2n) is 10.8. The number of rotatable bonds is 5. The van der Waals surface area contributed by atoms with Gasteiger partial charge in [0.05, 0.1) is 18.4 Å². The van der Waals surface area contributed by atoms with Crippen molar-refractivity contribution >= 4 is 5.82 Å². The molecule has 6 rings (SSSR count). The van der Waals surface area contributed by atoms with Crippen molar-refractivity contribution in [2.24, 2.45) is 0 Å². The van der Waals surface area contributed by atoms with E-state index in [0.717, 1.165) is 47.5 Å². The zero-order chi connectivity index (χ0) is 26.3. The Hall–Kier alpha value is -3.72. The fraction of sp³-hybridized carbons (Fsp3) is 0.414. The molecule has 2 fully saturated rings. The van der Waals surface area contributed by atoms with Crippen molar-refractivity contribution in [2.45, 2.75) is 70.4 Å². The zero-order valence-corrected chi connectivity index (χ0v) is 21.9. The van der Waals surface area contributed by atoms with Gasteiger partial charge in [0, 0.05) is 22.7 Å². The normalized spacial score (nSPS) is 18.8. The number of piperidine rings is 1. The number of hydrogen-bond donors (Lipinski definition) is 2. The minimum Gasteiger partial charge on any atom is -0.381 e. The van der Waals surface area contributed by atoms with Gasteiger partial charge in [0.1, 0.15) is 11.4 Å². The monoisotopic (exact) mass is 512 g/mol. The Labute approximate surface area is 221 Å². The second-order valence-corrected chi connectivity index (χ2v) is 10.8. The molecule has 1 saturated carbocycles. The highest BCUT2D eigenvalue weighted by Crippen LogP contribution is 2.41. The molecule has 38 heavy (non-hydrogen) atoms. The molecule has 1 aliphatic carbocycles. The van der Waals surface area contributed by atoms with Gasteiger partial charge in [0.15, 0.2) is 17.5 Å². The Morgan fingerprint density at radius 3 is 2.74 bits per heavy atom. The van der Waals surface area contributed by atoms with Crippen LogP contribution in [0.2, 0.25) is 0 Å². The first kappa shape index (κ1) is 24.6. The molecule has 4 heterocycles. The second kappa shape index (κ2) is 9.87. The first-order valence-corrected chi connectivity index (χ1v) is 13.4. The lowest BCUT2D eigenvalue weighted by Crippen LogP contribution is -2.48. The number of pyridine rings is 1. The van der Waals surface area contributed by atoms with Crippen LogP contribution in [0.1, 0.15) is 67.0 Å². The highest BCUT2D eigenvalue weighted by Gasteiger charge is 2.39. The molecule has 2 aliphatic rings. The van der Waals surface area contributed by atoms with Gasteiger partial charge in [0.25, 0.3) is 0 Å². The van der Waals surface area contributed by atoms with Gasteiger partial charge in [-0.05, 0) is 69.3 Å². The smallest absolute Gasteiger partial charge is 0.193 e. The van der Waals surface area contributed by atoms with Crippen LogP contribution in [0.15, 0.2) is 42.6 Å². The number of nitrogens with one attached hydrogen (secondary N) is 1. The lowest BCUT2D eigenvalue weighted by atomic mass is 9.79. The summed E-state index contributed by atoms with van der Waals surface area (Å²) in [5, 5.41) is 12.2. The topological polar surface area (TPSA) is 107 Å². The molecule has 4 aromatic rings. The SMILES string of the molecule is Cc1cccc(-c2nc(N)c(F)c(-c3cn(Cc4cccc(C5CCNC6(CCCC6)C5)n4)nn3)n2)c1C. The molecule has 1 spiro atoms. The van der Waals surface area contributed by atoms with Crippen molar-refractivity contribution in [3.8, 4) is 22.8 Å². The van der Waals surface area contributed by atoms with Gasteiger partial charge < -0.3 is 11.1 Å². The number of anilines is 1. The average Bonchev–Trinajstić information content (AvgIpc) is 3.57. The molecule has 0 amide bonds. The molecule has 3 N–H and O–H groups in total. The minimum atomic E-state index is -0.696. The van der Waals surface area contributed by atoms with Crippen LogP contribution in [0.4, 0.5) is 10.2 Å². The van der Waals surface area contributed by atoms with Crippen molar-refractivity contribution in [2.75, 3.05) is 12.3 Å². The fourth-order valence-electron chi connectivity index (χ4n) is 6.05. The van der Waals surface area contributed by atoms with E-state index in [0.29, 0.717) is 29.5 Å². The maximum atomic E-state index is 15.0. The van der Waals surface area contributed by atoms with E-state index in [1.807, 2.05) is 38.1 Å². The zero-order valence-electron chi connectivity index (χ0n) is 21.9. The van der Waals surface area contributed by atoms with E-state index >= 15 is 4.39 Å². The quantitative estimate of drug-likeness (QED) is 0.389. The molecular formula is C29H33FN8. The van der Waals surface area contributed by atoms with Crippen LogP contribution in [0.25, 0.3) is 22.8 Å². The van der Waals surface area contributed by atoms with Crippen LogP contribution < -0.4 is 11.1 Å². The lowest BCUT2D eigenvalue weighted by Gasteiger charge is -2.39. The molecule has 9 heteroatoms. The van der Waals surface area contributed by atoms with Crippen molar-refractivity contribution in [1.29, 1.82) is 0 Å². The van der Waals surface area contributed by atoms with Crippen molar-refractivity contribution in [3.05, 3.63) is 70.9 Å². The summed E-state index contributed by atoms with van der Waals surface area (Å²) in [6.45, 7) is 5.48. The molecule has 0 bridgehead atoms. The Morgan fingerprint density at radius 2 is 1.89 bits per heavy atom. The summed E-state index contributed by atoms with van der Waals surface area (Å²) in [5.74, 6) is -0.0805. The maximum absolute atomic E-state index is 15.0. The summed E-state index contributed by atoms with van der Waals surface area (Å²) in [4.78, 5) is 13.7. The highest BCUT2D eigenvalue weighted by atomic mass is 19.1. The average molecular weight is 513 g/mol. The Balaban J connectivity index is 1.24. The summed E-state index contributed by atoms with van der Waals surface area (Å²) in [7, 11) is 0. The fourth-order valence-corrected chi connectivity index (χ4v) is 6.05. The van der Waals surface area contributed by atoms with Gasteiger partial charge in [-0.2, -0.15) is 0 Å². The molecular weight excluding hydrogens is 479 g/mol. The van der Waals surface area contributed by atoms with Crippen LogP contribution in [0.5, 0.6) is 0 Å². The van der Waals surface area contributed by atoms with Crippen LogP contribution >= 0.6 is 0 Å². The minimum absolute atomic E-state index is 0.0398. The Kier molecular flexibility index (Phi) is 6.39. The summed E-state index contributed by atoms with van der Waals surface area (Å²) >= 11 is 0. The number of aromatic nitrogens is 6. The maximum Gasteiger partial charge on any atom is 0.193 e. The van der Waals surface area contributed by atoms with Crippen LogP contribution in [0, 0.1) is 19.7 Å². The molecule has 3 aromatic heterocycles. The van der Waals surface area contributed by atoms with E-state index in [4.69, 9.17) is 10.7 Å². The van der Waals surface area contributed by atoms with Gasteiger partial charge in [-0.25, -0.2) is 19.0 Å². The van der Waals surface area contributed by atoms with Gasteiger partial charge in [-0.3, -0.25) is 4.98 Å². The van der Waals surface area contributed by atoms with Crippen molar-refractivity contribution in [1.82, 2.24) is 35.3 Å². The van der Waals surface area contributed by atoms with Gasteiger partial charge in [-0.1, -0.05) is 42.3 Å². The highest BCUT2D eigenvalue weighted by molar-refractivity contribution is 5.67.